The smallest absolute Gasteiger partial charge is 0.220 e. The Morgan fingerprint density at radius 2 is 2.18 bits per heavy atom. The standard InChI is InChI=1S/C13H18FNO2/c14-12-5-3-4-11(10-12)7-8-15-13(17)6-1-2-9-16/h3-5,10,16H,1-2,6-9H2,(H,15,17). The molecule has 0 aliphatic heterocycles. The second kappa shape index (κ2) is 7.79. The zero-order valence-corrected chi connectivity index (χ0v) is 9.79. The number of hydrogen-bond donors (Lipinski definition) is 2. The van der Waals surface area contributed by atoms with Gasteiger partial charge >= 0.3 is 0 Å². The first kappa shape index (κ1) is 13.6. The lowest BCUT2D eigenvalue weighted by atomic mass is 10.1. The van der Waals surface area contributed by atoms with Crippen molar-refractivity contribution in [3.63, 3.8) is 0 Å². The van der Waals surface area contributed by atoms with Crippen molar-refractivity contribution in [2.45, 2.75) is 25.7 Å². The number of unbranched alkanes of at least 4 members (excludes halogenated alkanes) is 1. The fourth-order valence-electron chi connectivity index (χ4n) is 1.52. The minimum atomic E-state index is -0.253. The predicted octanol–water partition coefficient (Wildman–Crippen LogP) is 1.65. The van der Waals surface area contributed by atoms with E-state index >= 15 is 0 Å². The number of rotatable bonds is 7. The number of amides is 1. The number of hydrogen-bond acceptors (Lipinski definition) is 2. The molecule has 4 heteroatoms. The molecule has 1 rings (SSSR count). The number of carbonyl (C=O) groups excluding carboxylic acids is 1. The number of carbonyl (C=O) groups is 1. The van der Waals surface area contributed by atoms with E-state index in [4.69, 9.17) is 5.11 Å². The quantitative estimate of drug-likeness (QED) is 0.711. The first-order chi connectivity index (χ1) is 8.22. The van der Waals surface area contributed by atoms with Gasteiger partial charge in [0, 0.05) is 19.6 Å². The molecule has 1 amide bonds. The highest BCUT2D eigenvalue weighted by Crippen LogP contribution is 2.03. The zero-order valence-electron chi connectivity index (χ0n) is 9.79. The maximum atomic E-state index is 12.8. The van der Waals surface area contributed by atoms with Crippen LogP contribution in [0.3, 0.4) is 0 Å². The highest BCUT2D eigenvalue weighted by Gasteiger charge is 2.00. The van der Waals surface area contributed by atoms with Crippen LogP contribution in [0.15, 0.2) is 24.3 Å². The van der Waals surface area contributed by atoms with Crippen molar-refractivity contribution >= 4 is 5.91 Å². The third-order valence-electron chi connectivity index (χ3n) is 2.44. The number of aliphatic hydroxyl groups is 1. The molecule has 2 N–H and O–H groups in total. The number of halogens is 1. The Labute approximate surface area is 101 Å². The normalized spacial score (nSPS) is 10.2. The minimum Gasteiger partial charge on any atom is -0.396 e. The molecular weight excluding hydrogens is 221 g/mol. The Bertz CT molecular complexity index is 355. The largest absolute Gasteiger partial charge is 0.396 e. The molecule has 0 saturated carbocycles. The van der Waals surface area contributed by atoms with Crippen LogP contribution in [-0.4, -0.2) is 24.2 Å². The maximum Gasteiger partial charge on any atom is 0.220 e. The molecule has 0 heterocycles. The molecule has 0 aromatic heterocycles. The van der Waals surface area contributed by atoms with Crippen LogP contribution in [0, 0.1) is 5.82 Å². The van der Waals surface area contributed by atoms with Crippen molar-refractivity contribution in [2.75, 3.05) is 13.2 Å². The Balaban J connectivity index is 2.17. The summed E-state index contributed by atoms with van der Waals surface area (Å²) in [4.78, 5) is 11.3. The van der Waals surface area contributed by atoms with Crippen molar-refractivity contribution < 1.29 is 14.3 Å². The van der Waals surface area contributed by atoms with Crippen LogP contribution >= 0.6 is 0 Å². The number of aliphatic hydroxyl groups excluding tert-OH is 1. The molecule has 0 unspecified atom stereocenters. The molecule has 0 aliphatic carbocycles. The molecule has 0 saturated heterocycles. The summed E-state index contributed by atoms with van der Waals surface area (Å²) in [5, 5.41) is 11.3. The van der Waals surface area contributed by atoms with Gasteiger partial charge in [-0.25, -0.2) is 4.39 Å². The van der Waals surface area contributed by atoms with Gasteiger partial charge < -0.3 is 10.4 Å². The van der Waals surface area contributed by atoms with Crippen LogP contribution < -0.4 is 5.32 Å². The summed E-state index contributed by atoms with van der Waals surface area (Å²) >= 11 is 0. The fraction of sp³-hybridized carbons (Fsp3) is 0.462. The highest BCUT2D eigenvalue weighted by atomic mass is 19.1. The molecular formula is C13H18FNO2. The van der Waals surface area contributed by atoms with Crippen LogP contribution in [0.5, 0.6) is 0 Å². The lowest BCUT2D eigenvalue weighted by Crippen LogP contribution is -2.25. The molecule has 0 radical (unpaired) electrons. The van der Waals surface area contributed by atoms with Crippen molar-refractivity contribution in [1.82, 2.24) is 5.32 Å². The molecule has 0 fully saturated rings. The Kier molecular flexibility index (Phi) is 6.25. The summed E-state index contributed by atoms with van der Waals surface area (Å²) in [7, 11) is 0. The van der Waals surface area contributed by atoms with E-state index in [-0.39, 0.29) is 18.3 Å². The van der Waals surface area contributed by atoms with Crippen LogP contribution in [-0.2, 0) is 11.2 Å². The van der Waals surface area contributed by atoms with Crippen LogP contribution in [0.4, 0.5) is 4.39 Å². The summed E-state index contributed by atoms with van der Waals surface area (Å²) in [5.41, 5.74) is 0.876. The summed E-state index contributed by atoms with van der Waals surface area (Å²) < 4.78 is 12.8. The van der Waals surface area contributed by atoms with Crippen LogP contribution in [0.2, 0.25) is 0 Å². The van der Waals surface area contributed by atoms with E-state index in [0.29, 0.717) is 32.2 Å². The zero-order chi connectivity index (χ0) is 12.5. The van der Waals surface area contributed by atoms with E-state index in [2.05, 4.69) is 5.32 Å². The van der Waals surface area contributed by atoms with Gasteiger partial charge in [-0.2, -0.15) is 0 Å². The molecule has 0 atom stereocenters. The van der Waals surface area contributed by atoms with Gasteiger partial charge in [-0.05, 0) is 37.0 Å². The van der Waals surface area contributed by atoms with Crippen molar-refractivity contribution in [3.8, 4) is 0 Å². The average Bonchev–Trinajstić information content (AvgIpc) is 2.29. The lowest BCUT2D eigenvalue weighted by Gasteiger charge is -2.05. The minimum absolute atomic E-state index is 0.0187. The van der Waals surface area contributed by atoms with Crippen molar-refractivity contribution in [3.05, 3.63) is 35.6 Å². The first-order valence-corrected chi connectivity index (χ1v) is 5.84. The third kappa shape index (κ3) is 6.02. The van der Waals surface area contributed by atoms with E-state index in [9.17, 15) is 9.18 Å². The molecule has 1 aromatic carbocycles. The van der Waals surface area contributed by atoms with Gasteiger partial charge in [0.25, 0.3) is 0 Å². The fourth-order valence-corrected chi connectivity index (χ4v) is 1.52. The van der Waals surface area contributed by atoms with Crippen LogP contribution in [0.25, 0.3) is 0 Å². The Morgan fingerprint density at radius 1 is 1.35 bits per heavy atom. The monoisotopic (exact) mass is 239 g/mol. The molecule has 3 nitrogen and oxygen atoms in total. The number of benzene rings is 1. The second-order valence-corrected chi connectivity index (χ2v) is 3.91. The lowest BCUT2D eigenvalue weighted by molar-refractivity contribution is -0.121. The highest BCUT2D eigenvalue weighted by molar-refractivity contribution is 5.75. The molecule has 0 spiro atoms. The van der Waals surface area contributed by atoms with Gasteiger partial charge in [0.2, 0.25) is 5.91 Å². The van der Waals surface area contributed by atoms with Crippen LogP contribution in [0.1, 0.15) is 24.8 Å². The maximum absolute atomic E-state index is 12.8. The SMILES string of the molecule is O=C(CCCCO)NCCc1cccc(F)c1. The molecule has 1 aromatic rings. The van der Waals surface area contributed by atoms with E-state index in [0.717, 1.165) is 5.56 Å². The van der Waals surface area contributed by atoms with Gasteiger partial charge in [0.05, 0.1) is 0 Å². The molecule has 17 heavy (non-hydrogen) atoms. The molecule has 0 aliphatic rings. The van der Waals surface area contributed by atoms with Gasteiger partial charge in [0.1, 0.15) is 5.82 Å². The van der Waals surface area contributed by atoms with Crippen molar-refractivity contribution in [1.29, 1.82) is 0 Å². The molecule has 94 valence electrons. The van der Waals surface area contributed by atoms with E-state index in [1.165, 1.54) is 12.1 Å². The van der Waals surface area contributed by atoms with E-state index in [1.54, 1.807) is 6.07 Å². The van der Waals surface area contributed by atoms with E-state index in [1.807, 2.05) is 6.07 Å². The predicted molar refractivity (Wildman–Crippen MR) is 64.1 cm³/mol. The summed E-state index contributed by atoms with van der Waals surface area (Å²) in [5.74, 6) is -0.272. The number of nitrogens with one attached hydrogen (secondary N) is 1. The van der Waals surface area contributed by atoms with Crippen molar-refractivity contribution in [2.24, 2.45) is 0 Å². The van der Waals surface area contributed by atoms with Gasteiger partial charge in [-0.15, -0.1) is 0 Å². The van der Waals surface area contributed by atoms with Gasteiger partial charge in [-0.1, -0.05) is 12.1 Å². The average molecular weight is 239 g/mol. The van der Waals surface area contributed by atoms with E-state index < -0.39 is 0 Å². The topological polar surface area (TPSA) is 49.3 Å². The summed E-state index contributed by atoms with van der Waals surface area (Å²) in [6.07, 6.45) is 2.41. The third-order valence-corrected chi connectivity index (χ3v) is 2.44. The summed E-state index contributed by atoms with van der Waals surface area (Å²) in [6, 6.07) is 6.36. The van der Waals surface area contributed by atoms with Gasteiger partial charge in [-0.3, -0.25) is 4.79 Å². The first-order valence-electron chi connectivity index (χ1n) is 5.84. The molecule has 0 bridgehead atoms. The summed E-state index contributed by atoms with van der Waals surface area (Å²) in [6.45, 7) is 0.637. The second-order valence-electron chi connectivity index (χ2n) is 3.91. The Hall–Kier alpha value is -1.42. The van der Waals surface area contributed by atoms with Gasteiger partial charge in [0.15, 0.2) is 0 Å². The Morgan fingerprint density at radius 3 is 2.88 bits per heavy atom.